The van der Waals surface area contributed by atoms with Gasteiger partial charge in [0.1, 0.15) is 0 Å². The third-order valence-corrected chi connectivity index (χ3v) is 4.07. The summed E-state index contributed by atoms with van der Waals surface area (Å²) in [5, 5.41) is 8.21. The molecule has 0 saturated heterocycles. The molecule has 0 heterocycles. The van der Waals surface area contributed by atoms with Crippen molar-refractivity contribution in [2.75, 3.05) is 0 Å². The molecule has 0 saturated carbocycles. The average Bonchev–Trinajstić information content (AvgIpc) is 2.34. The van der Waals surface area contributed by atoms with E-state index in [1.54, 1.807) is 0 Å². The van der Waals surface area contributed by atoms with Crippen LogP contribution in [0, 0.1) is 17.2 Å². The third kappa shape index (κ3) is 2.98. The summed E-state index contributed by atoms with van der Waals surface area (Å²) in [6.07, 6.45) is 5.15. The first-order valence-electron chi connectivity index (χ1n) is 6.88. The third-order valence-electron chi connectivity index (χ3n) is 4.07. The molecule has 0 spiro atoms. The predicted octanol–water partition coefficient (Wildman–Crippen LogP) is 4.31. The second kappa shape index (κ2) is 6.12. The molecule has 1 aliphatic carbocycles. The van der Waals surface area contributed by atoms with Crippen molar-refractivity contribution in [3.8, 4) is 0 Å². The molecule has 1 N–H and O–H groups in total. The highest BCUT2D eigenvalue weighted by atomic mass is 16.1. The molecule has 1 aliphatic rings. The molecule has 0 amide bonds. The van der Waals surface area contributed by atoms with Crippen molar-refractivity contribution in [1.82, 2.24) is 0 Å². The Morgan fingerprint density at radius 1 is 1.33 bits per heavy atom. The SMILES string of the molecule is CCC/C(C)=C/CC1=C(C)C(=O)C(C)C(C)C1=N. The van der Waals surface area contributed by atoms with Gasteiger partial charge in [0.05, 0.1) is 0 Å². The molecule has 0 aliphatic heterocycles. The van der Waals surface area contributed by atoms with E-state index in [1.165, 1.54) is 5.57 Å². The van der Waals surface area contributed by atoms with E-state index in [-0.39, 0.29) is 17.6 Å². The highest BCUT2D eigenvalue weighted by Gasteiger charge is 2.32. The van der Waals surface area contributed by atoms with Gasteiger partial charge in [-0.15, -0.1) is 0 Å². The molecule has 0 radical (unpaired) electrons. The molecule has 0 aromatic rings. The molecule has 100 valence electrons. The maximum atomic E-state index is 12.1. The number of allylic oxidation sites excluding steroid dienone is 4. The first kappa shape index (κ1) is 14.9. The number of carbonyl (C=O) groups excluding carboxylic acids is 1. The second-order valence-electron chi connectivity index (χ2n) is 5.46. The summed E-state index contributed by atoms with van der Waals surface area (Å²) in [4.78, 5) is 12.1. The Balaban J connectivity index is 2.95. The molecule has 18 heavy (non-hydrogen) atoms. The number of rotatable bonds is 4. The first-order chi connectivity index (χ1) is 8.40. The summed E-state index contributed by atoms with van der Waals surface area (Å²) in [7, 11) is 0. The van der Waals surface area contributed by atoms with Crippen molar-refractivity contribution >= 4 is 11.5 Å². The Kier molecular flexibility index (Phi) is 5.06. The second-order valence-corrected chi connectivity index (χ2v) is 5.46. The standard InChI is InChI=1S/C16H25NO/c1-6-7-10(2)8-9-14-13(5)16(18)12(4)11(3)15(14)17/h8,11-12,17H,6-7,9H2,1-5H3/b10-8+,17-15?. The summed E-state index contributed by atoms with van der Waals surface area (Å²) in [5.74, 6) is 0.230. The molecule has 1 rings (SSSR count). The van der Waals surface area contributed by atoms with Crippen molar-refractivity contribution in [1.29, 1.82) is 5.41 Å². The summed E-state index contributed by atoms with van der Waals surface area (Å²) in [6.45, 7) is 10.1. The highest BCUT2D eigenvalue weighted by molar-refractivity contribution is 6.14. The fourth-order valence-electron chi connectivity index (χ4n) is 2.48. The Labute approximate surface area is 111 Å². The zero-order valence-corrected chi connectivity index (χ0v) is 12.3. The Morgan fingerprint density at radius 3 is 2.50 bits per heavy atom. The van der Waals surface area contributed by atoms with Crippen LogP contribution in [0.4, 0.5) is 0 Å². The van der Waals surface area contributed by atoms with Crippen LogP contribution in [0.15, 0.2) is 22.8 Å². The first-order valence-corrected chi connectivity index (χ1v) is 6.88. The topological polar surface area (TPSA) is 40.9 Å². The van der Waals surface area contributed by atoms with Crippen LogP contribution in [-0.2, 0) is 4.79 Å². The molecule has 0 fully saturated rings. The zero-order chi connectivity index (χ0) is 13.9. The number of hydrogen-bond donors (Lipinski definition) is 1. The monoisotopic (exact) mass is 247 g/mol. The van der Waals surface area contributed by atoms with Gasteiger partial charge >= 0.3 is 0 Å². The van der Waals surface area contributed by atoms with E-state index in [9.17, 15) is 4.79 Å². The lowest BCUT2D eigenvalue weighted by Crippen LogP contribution is -2.33. The molecule has 2 heteroatoms. The maximum absolute atomic E-state index is 12.1. The van der Waals surface area contributed by atoms with Crippen LogP contribution in [0.25, 0.3) is 0 Å². The number of ketones is 1. The summed E-state index contributed by atoms with van der Waals surface area (Å²) in [5.41, 5.74) is 3.75. The quantitative estimate of drug-likeness (QED) is 0.739. The Bertz CT molecular complexity index is 415. The minimum atomic E-state index is -0.0398. The molecular formula is C16H25NO. The largest absolute Gasteiger partial charge is 0.305 e. The molecule has 0 aromatic heterocycles. The van der Waals surface area contributed by atoms with Gasteiger partial charge in [0, 0.05) is 17.5 Å². The van der Waals surface area contributed by atoms with Crippen molar-refractivity contribution in [2.45, 2.75) is 53.9 Å². The molecule has 2 unspecified atom stereocenters. The van der Waals surface area contributed by atoms with Crippen molar-refractivity contribution < 1.29 is 4.79 Å². The van der Waals surface area contributed by atoms with Crippen LogP contribution in [0.2, 0.25) is 0 Å². The maximum Gasteiger partial charge on any atom is 0.162 e. The summed E-state index contributed by atoms with van der Waals surface area (Å²) < 4.78 is 0. The molecule has 2 nitrogen and oxygen atoms in total. The van der Waals surface area contributed by atoms with Gasteiger partial charge in [-0.2, -0.15) is 0 Å². The van der Waals surface area contributed by atoms with Gasteiger partial charge in [-0.1, -0.05) is 38.8 Å². The normalized spacial score (nSPS) is 25.9. The van der Waals surface area contributed by atoms with Gasteiger partial charge in [0.2, 0.25) is 0 Å². The van der Waals surface area contributed by atoms with E-state index >= 15 is 0 Å². The zero-order valence-electron chi connectivity index (χ0n) is 12.3. The van der Waals surface area contributed by atoms with Crippen LogP contribution in [0.1, 0.15) is 53.9 Å². The predicted molar refractivity (Wildman–Crippen MR) is 77.0 cm³/mol. The molecule has 0 aromatic carbocycles. The van der Waals surface area contributed by atoms with Gasteiger partial charge in [-0.3, -0.25) is 4.79 Å². The molecular weight excluding hydrogens is 222 g/mol. The number of Topliss-reactive ketones (excluding diaryl/α,β-unsaturated/α-hetero) is 1. The minimum absolute atomic E-state index is 0.0398. The average molecular weight is 247 g/mol. The van der Waals surface area contributed by atoms with Crippen LogP contribution in [0.5, 0.6) is 0 Å². The Hall–Kier alpha value is -1.18. The van der Waals surface area contributed by atoms with Gasteiger partial charge in [0.25, 0.3) is 0 Å². The van der Waals surface area contributed by atoms with Crippen LogP contribution < -0.4 is 0 Å². The Morgan fingerprint density at radius 2 is 1.94 bits per heavy atom. The fraction of sp³-hybridized carbons (Fsp3) is 0.625. The highest BCUT2D eigenvalue weighted by Crippen LogP contribution is 2.30. The van der Waals surface area contributed by atoms with Crippen molar-refractivity contribution in [2.24, 2.45) is 11.8 Å². The lowest BCUT2D eigenvalue weighted by Gasteiger charge is -2.28. The smallest absolute Gasteiger partial charge is 0.162 e. The number of hydrogen-bond acceptors (Lipinski definition) is 2. The van der Waals surface area contributed by atoms with E-state index in [2.05, 4.69) is 19.9 Å². The lowest BCUT2D eigenvalue weighted by atomic mass is 9.75. The number of nitrogens with one attached hydrogen (secondary N) is 1. The molecule has 2 atom stereocenters. The van der Waals surface area contributed by atoms with Gasteiger partial charge in [0.15, 0.2) is 5.78 Å². The van der Waals surface area contributed by atoms with E-state index in [0.29, 0.717) is 5.71 Å². The van der Waals surface area contributed by atoms with Gasteiger partial charge in [-0.05, 0) is 37.8 Å². The van der Waals surface area contributed by atoms with E-state index in [0.717, 1.165) is 30.4 Å². The summed E-state index contributed by atoms with van der Waals surface area (Å²) >= 11 is 0. The fourth-order valence-corrected chi connectivity index (χ4v) is 2.48. The van der Waals surface area contributed by atoms with Crippen molar-refractivity contribution in [3.63, 3.8) is 0 Å². The van der Waals surface area contributed by atoms with E-state index < -0.39 is 0 Å². The molecule has 0 bridgehead atoms. The van der Waals surface area contributed by atoms with Crippen LogP contribution >= 0.6 is 0 Å². The number of carbonyl (C=O) groups is 1. The minimum Gasteiger partial charge on any atom is -0.305 e. The van der Waals surface area contributed by atoms with E-state index in [4.69, 9.17) is 5.41 Å². The van der Waals surface area contributed by atoms with Crippen LogP contribution in [-0.4, -0.2) is 11.5 Å². The lowest BCUT2D eigenvalue weighted by molar-refractivity contribution is -0.119. The summed E-state index contributed by atoms with van der Waals surface area (Å²) in [6, 6.07) is 0. The van der Waals surface area contributed by atoms with Gasteiger partial charge in [-0.25, -0.2) is 0 Å². The van der Waals surface area contributed by atoms with Crippen LogP contribution in [0.3, 0.4) is 0 Å². The van der Waals surface area contributed by atoms with E-state index in [1.807, 2.05) is 20.8 Å². The van der Waals surface area contributed by atoms with Gasteiger partial charge < -0.3 is 5.41 Å². The van der Waals surface area contributed by atoms with Crippen molar-refractivity contribution in [3.05, 3.63) is 22.8 Å².